The molecular weight excluding hydrogens is 547 g/mol. The van der Waals surface area contributed by atoms with Gasteiger partial charge in [-0.05, 0) is 85.2 Å². The Balaban J connectivity index is 1.27. The molecule has 0 spiro atoms. The minimum absolute atomic E-state index is 0.0831. The molecule has 0 saturated heterocycles. The number of benzene rings is 3. The molecule has 220 valence electrons. The number of rotatable bonds is 12. The third kappa shape index (κ3) is 6.75. The molecule has 1 heterocycles. The lowest BCUT2D eigenvalue weighted by molar-refractivity contribution is -0.138. The van der Waals surface area contributed by atoms with Gasteiger partial charge in [0.25, 0.3) is 0 Å². The van der Waals surface area contributed by atoms with E-state index in [9.17, 15) is 27.9 Å². The second-order valence-corrected chi connectivity index (χ2v) is 10.5. The molecule has 0 radical (unpaired) electrons. The standard InChI is InChI=1S/C32H32F3N3O4/c1-2-18-42-28-17-10-23(19-24(28)20-30(39)40)22-8-6-21(7-9-22)4-3-5-29-36-38(31(41)37(29)26-15-16-26)27-13-11-25(12-14-27)32(33,34)35/h6-14,17,19,26H,2-5,15-16,18,20H2,1H3,(H,39,40). The summed E-state index contributed by atoms with van der Waals surface area (Å²) in [5, 5.41) is 13.8. The van der Waals surface area contributed by atoms with Crippen LogP contribution in [0.15, 0.2) is 71.5 Å². The van der Waals surface area contributed by atoms with Gasteiger partial charge in [-0.3, -0.25) is 9.36 Å². The first-order valence-electron chi connectivity index (χ1n) is 14.1. The number of aryl methyl sites for hydroxylation is 2. The van der Waals surface area contributed by atoms with Gasteiger partial charge in [0.1, 0.15) is 11.6 Å². The molecule has 0 unspecified atom stereocenters. The number of halogens is 3. The van der Waals surface area contributed by atoms with E-state index in [4.69, 9.17) is 4.74 Å². The van der Waals surface area contributed by atoms with Crippen LogP contribution in [-0.4, -0.2) is 32.0 Å². The van der Waals surface area contributed by atoms with Gasteiger partial charge in [-0.25, -0.2) is 4.79 Å². The van der Waals surface area contributed by atoms with Gasteiger partial charge in [0.2, 0.25) is 0 Å². The number of aliphatic carboxylic acids is 1. The molecule has 42 heavy (non-hydrogen) atoms. The van der Waals surface area contributed by atoms with Crippen molar-refractivity contribution in [1.29, 1.82) is 0 Å². The smallest absolute Gasteiger partial charge is 0.416 e. The molecule has 1 aromatic heterocycles. The maximum Gasteiger partial charge on any atom is 0.416 e. The van der Waals surface area contributed by atoms with Crippen LogP contribution in [0.2, 0.25) is 0 Å². The lowest BCUT2D eigenvalue weighted by Crippen LogP contribution is -2.24. The zero-order chi connectivity index (χ0) is 29.9. The molecule has 0 atom stereocenters. The number of ether oxygens (including phenoxy) is 1. The molecule has 1 aliphatic carbocycles. The first kappa shape index (κ1) is 29.2. The molecule has 1 aliphatic rings. The SMILES string of the molecule is CCCOc1ccc(-c2ccc(CCCc3nn(-c4ccc(C(F)(F)F)cc4)c(=O)n3C3CC3)cc2)cc1CC(=O)O. The van der Waals surface area contributed by atoms with Gasteiger partial charge in [0.05, 0.1) is 24.3 Å². The van der Waals surface area contributed by atoms with E-state index in [0.717, 1.165) is 60.9 Å². The highest BCUT2D eigenvalue weighted by Gasteiger charge is 2.32. The molecule has 5 rings (SSSR count). The molecule has 0 bridgehead atoms. The molecule has 1 fully saturated rings. The van der Waals surface area contributed by atoms with Crippen LogP contribution in [0.3, 0.4) is 0 Å². The van der Waals surface area contributed by atoms with Crippen molar-refractivity contribution in [2.75, 3.05) is 6.61 Å². The van der Waals surface area contributed by atoms with Crippen LogP contribution in [0.5, 0.6) is 5.75 Å². The summed E-state index contributed by atoms with van der Waals surface area (Å²) in [6, 6.07) is 18.2. The number of carbonyl (C=O) groups is 1. The van der Waals surface area contributed by atoms with Crippen LogP contribution < -0.4 is 10.4 Å². The van der Waals surface area contributed by atoms with E-state index < -0.39 is 17.7 Å². The van der Waals surface area contributed by atoms with Gasteiger partial charge in [0.15, 0.2) is 0 Å². The van der Waals surface area contributed by atoms with Crippen molar-refractivity contribution < 1.29 is 27.8 Å². The third-order valence-electron chi connectivity index (χ3n) is 7.25. The zero-order valence-electron chi connectivity index (χ0n) is 23.2. The van der Waals surface area contributed by atoms with Crippen molar-refractivity contribution in [2.45, 2.75) is 64.1 Å². The van der Waals surface area contributed by atoms with Gasteiger partial charge in [-0.15, -0.1) is 5.10 Å². The Bertz CT molecular complexity index is 1600. The van der Waals surface area contributed by atoms with E-state index in [-0.39, 0.29) is 18.2 Å². The number of aromatic nitrogens is 3. The number of hydrogen-bond donors (Lipinski definition) is 1. The summed E-state index contributed by atoms with van der Waals surface area (Å²) in [6.45, 7) is 2.52. The zero-order valence-corrected chi connectivity index (χ0v) is 23.2. The van der Waals surface area contributed by atoms with Gasteiger partial charge in [-0.2, -0.15) is 17.9 Å². The Morgan fingerprint density at radius 2 is 1.69 bits per heavy atom. The molecule has 0 amide bonds. The highest BCUT2D eigenvalue weighted by molar-refractivity contribution is 5.74. The van der Waals surface area contributed by atoms with Gasteiger partial charge >= 0.3 is 17.8 Å². The first-order valence-corrected chi connectivity index (χ1v) is 14.1. The van der Waals surface area contributed by atoms with E-state index in [1.54, 1.807) is 4.57 Å². The summed E-state index contributed by atoms with van der Waals surface area (Å²) in [4.78, 5) is 24.5. The molecular formula is C32H32F3N3O4. The fraction of sp³-hybridized carbons (Fsp3) is 0.344. The molecule has 10 heteroatoms. The largest absolute Gasteiger partial charge is 0.493 e. The van der Waals surface area contributed by atoms with E-state index in [2.05, 4.69) is 5.10 Å². The van der Waals surface area contributed by atoms with Gasteiger partial charge in [0, 0.05) is 18.0 Å². The fourth-order valence-corrected chi connectivity index (χ4v) is 4.98. The lowest BCUT2D eigenvalue weighted by Gasteiger charge is -2.12. The number of carboxylic acids is 1. The summed E-state index contributed by atoms with van der Waals surface area (Å²) < 4.78 is 47.5. The van der Waals surface area contributed by atoms with Crippen LogP contribution >= 0.6 is 0 Å². The van der Waals surface area contributed by atoms with E-state index >= 15 is 0 Å². The topological polar surface area (TPSA) is 86.4 Å². The molecule has 1 saturated carbocycles. The van der Waals surface area contributed by atoms with Gasteiger partial charge in [-0.1, -0.05) is 37.3 Å². The van der Waals surface area contributed by atoms with E-state index in [1.165, 1.54) is 16.8 Å². The third-order valence-corrected chi connectivity index (χ3v) is 7.25. The maximum absolute atomic E-state index is 13.1. The lowest BCUT2D eigenvalue weighted by atomic mass is 9.98. The summed E-state index contributed by atoms with van der Waals surface area (Å²) in [7, 11) is 0. The van der Waals surface area contributed by atoms with Crippen molar-refractivity contribution in [2.24, 2.45) is 0 Å². The molecule has 1 N–H and O–H groups in total. The molecule has 3 aromatic carbocycles. The first-order chi connectivity index (χ1) is 20.1. The Morgan fingerprint density at radius 3 is 2.31 bits per heavy atom. The van der Waals surface area contributed by atoms with Crippen molar-refractivity contribution in [1.82, 2.24) is 14.3 Å². The minimum Gasteiger partial charge on any atom is -0.493 e. The average Bonchev–Trinajstić information content (AvgIpc) is 3.74. The van der Waals surface area contributed by atoms with Gasteiger partial charge < -0.3 is 9.84 Å². The van der Waals surface area contributed by atoms with Crippen LogP contribution in [0.4, 0.5) is 13.2 Å². The van der Waals surface area contributed by atoms with Crippen molar-refractivity contribution in [3.05, 3.63) is 99.7 Å². The Hall–Kier alpha value is -4.34. The quantitative estimate of drug-likeness (QED) is 0.203. The Labute approximate surface area is 241 Å². The average molecular weight is 580 g/mol. The monoisotopic (exact) mass is 579 g/mol. The minimum atomic E-state index is -4.45. The summed E-state index contributed by atoms with van der Waals surface area (Å²) in [5.41, 5.74) is 2.82. The summed E-state index contributed by atoms with van der Waals surface area (Å²) in [6.07, 6.45) is 0.0686. The van der Waals surface area contributed by atoms with Crippen molar-refractivity contribution in [3.8, 4) is 22.6 Å². The van der Waals surface area contributed by atoms with Crippen LogP contribution in [0.25, 0.3) is 16.8 Å². The molecule has 0 aliphatic heterocycles. The second-order valence-electron chi connectivity index (χ2n) is 10.5. The van der Waals surface area contributed by atoms with Crippen LogP contribution in [0, 0.1) is 0 Å². The predicted octanol–water partition coefficient (Wildman–Crippen LogP) is 6.65. The summed E-state index contributed by atoms with van der Waals surface area (Å²) >= 11 is 0. The number of alkyl halides is 3. The van der Waals surface area contributed by atoms with E-state index in [0.29, 0.717) is 35.9 Å². The highest BCUT2D eigenvalue weighted by Crippen LogP contribution is 2.35. The Morgan fingerprint density at radius 1 is 1.00 bits per heavy atom. The normalized spacial score (nSPS) is 13.3. The second kappa shape index (κ2) is 12.3. The summed E-state index contributed by atoms with van der Waals surface area (Å²) in [5.74, 6) is 0.306. The fourth-order valence-electron chi connectivity index (χ4n) is 4.98. The maximum atomic E-state index is 13.1. The van der Waals surface area contributed by atoms with Crippen molar-refractivity contribution >= 4 is 5.97 Å². The van der Waals surface area contributed by atoms with Crippen LogP contribution in [0.1, 0.15) is 61.2 Å². The Kier molecular flexibility index (Phi) is 8.51. The molecule has 7 nitrogen and oxygen atoms in total. The highest BCUT2D eigenvalue weighted by atomic mass is 19.4. The number of nitrogens with zero attached hydrogens (tertiary/aromatic N) is 3. The van der Waals surface area contributed by atoms with Crippen LogP contribution in [-0.2, 0) is 30.2 Å². The number of hydrogen-bond acceptors (Lipinski definition) is 4. The van der Waals surface area contributed by atoms with Crippen molar-refractivity contribution in [3.63, 3.8) is 0 Å². The van der Waals surface area contributed by atoms with E-state index in [1.807, 2.05) is 49.4 Å². The number of carboxylic acid groups (broad SMARTS) is 1. The molecule has 4 aromatic rings. The predicted molar refractivity (Wildman–Crippen MR) is 152 cm³/mol.